The van der Waals surface area contributed by atoms with Crippen molar-refractivity contribution in [2.24, 2.45) is 0 Å². The summed E-state index contributed by atoms with van der Waals surface area (Å²) in [6, 6.07) is 1.77. The smallest absolute Gasteiger partial charge is 0.0110 e. The first-order valence-electron chi connectivity index (χ1n) is 6.87. The molecule has 0 amide bonds. The van der Waals surface area contributed by atoms with E-state index in [0.29, 0.717) is 0 Å². The van der Waals surface area contributed by atoms with Gasteiger partial charge in [-0.2, -0.15) is 0 Å². The third kappa shape index (κ3) is 3.76. The van der Waals surface area contributed by atoms with Gasteiger partial charge in [0.25, 0.3) is 0 Å². The molecule has 1 saturated heterocycles. The lowest BCUT2D eigenvalue weighted by atomic mass is 9.98. The van der Waals surface area contributed by atoms with Gasteiger partial charge in [-0.3, -0.25) is 4.90 Å². The molecular formula is C13H26N2. The van der Waals surface area contributed by atoms with Crippen molar-refractivity contribution < 1.29 is 0 Å². The minimum atomic E-state index is 0.874. The Morgan fingerprint density at radius 3 is 2.80 bits per heavy atom. The van der Waals surface area contributed by atoms with Crippen LogP contribution in [0.2, 0.25) is 0 Å². The van der Waals surface area contributed by atoms with Crippen LogP contribution in [-0.4, -0.2) is 36.6 Å². The summed E-state index contributed by atoms with van der Waals surface area (Å²) in [5.41, 5.74) is 0. The molecule has 1 aliphatic heterocycles. The van der Waals surface area contributed by atoms with Crippen LogP contribution in [0.15, 0.2) is 0 Å². The minimum Gasteiger partial charge on any atom is -0.313 e. The van der Waals surface area contributed by atoms with Crippen molar-refractivity contribution in [2.75, 3.05) is 19.6 Å². The standard InChI is InChI=1S/C13H26N2/c1-2-5-13-6-3-4-10-15(13)11-9-14-12-7-8-12/h12-14H,2-11H2,1H3. The summed E-state index contributed by atoms with van der Waals surface area (Å²) < 4.78 is 0. The third-order valence-electron chi connectivity index (χ3n) is 3.78. The van der Waals surface area contributed by atoms with Gasteiger partial charge >= 0.3 is 0 Å². The molecule has 0 aromatic carbocycles. The number of hydrogen-bond donors (Lipinski definition) is 1. The molecule has 2 heteroatoms. The fraction of sp³-hybridized carbons (Fsp3) is 1.00. The fourth-order valence-electron chi connectivity index (χ4n) is 2.71. The molecule has 2 rings (SSSR count). The van der Waals surface area contributed by atoms with Gasteiger partial charge in [0, 0.05) is 25.2 Å². The predicted molar refractivity (Wildman–Crippen MR) is 65.1 cm³/mol. The van der Waals surface area contributed by atoms with E-state index in [0.717, 1.165) is 12.1 Å². The summed E-state index contributed by atoms with van der Waals surface area (Å²) in [5, 5.41) is 3.62. The van der Waals surface area contributed by atoms with Crippen molar-refractivity contribution in [3.63, 3.8) is 0 Å². The Kier molecular flexibility index (Phi) is 4.45. The van der Waals surface area contributed by atoms with Crippen molar-refractivity contribution in [2.45, 2.75) is 64.0 Å². The molecule has 0 bridgehead atoms. The fourth-order valence-corrected chi connectivity index (χ4v) is 2.71. The van der Waals surface area contributed by atoms with E-state index in [1.807, 2.05) is 0 Å². The molecule has 1 saturated carbocycles. The lowest BCUT2D eigenvalue weighted by Gasteiger charge is -2.35. The Hall–Kier alpha value is -0.0800. The second-order valence-corrected chi connectivity index (χ2v) is 5.20. The second kappa shape index (κ2) is 5.86. The summed E-state index contributed by atoms with van der Waals surface area (Å²) in [5.74, 6) is 0. The van der Waals surface area contributed by atoms with Gasteiger partial charge in [0.1, 0.15) is 0 Å². The van der Waals surface area contributed by atoms with E-state index >= 15 is 0 Å². The lowest BCUT2D eigenvalue weighted by Crippen LogP contribution is -2.43. The molecule has 0 radical (unpaired) electrons. The SMILES string of the molecule is CCCC1CCCCN1CCNC1CC1. The largest absolute Gasteiger partial charge is 0.313 e. The average Bonchev–Trinajstić information content (AvgIpc) is 3.05. The average molecular weight is 210 g/mol. The monoisotopic (exact) mass is 210 g/mol. The summed E-state index contributed by atoms with van der Waals surface area (Å²) in [6.45, 7) is 6.15. The van der Waals surface area contributed by atoms with E-state index in [4.69, 9.17) is 0 Å². The van der Waals surface area contributed by atoms with E-state index < -0.39 is 0 Å². The number of nitrogens with zero attached hydrogens (tertiary/aromatic N) is 1. The zero-order chi connectivity index (χ0) is 10.5. The van der Waals surface area contributed by atoms with Gasteiger partial charge < -0.3 is 5.32 Å². The van der Waals surface area contributed by atoms with Gasteiger partial charge in [-0.1, -0.05) is 19.8 Å². The zero-order valence-electron chi connectivity index (χ0n) is 10.2. The number of likely N-dealkylation sites (tertiary alicyclic amines) is 1. The summed E-state index contributed by atoms with van der Waals surface area (Å²) in [4.78, 5) is 2.72. The van der Waals surface area contributed by atoms with Crippen molar-refractivity contribution in [1.29, 1.82) is 0 Å². The number of hydrogen-bond acceptors (Lipinski definition) is 2. The maximum atomic E-state index is 3.62. The number of nitrogens with one attached hydrogen (secondary N) is 1. The molecule has 0 aromatic heterocycles. The quantitative estimate of drug-likeness (QED) is 0.724. The topological polar surface area (TPSA) is 15.3 Å². The van der Waals surface area contributed by atoms with E-state index in [1.165, 1.54) is 64.6 Å². The number of piperidine rings is 1. The van der Waals surface area contributed by atoms with Gasteiger partial charge in [-0.05, 0) is 38.6 Å². The van der Waals surface area contributed by atoms with Crippen LogP contribution in [0, 0.1) is 0 Å². The van der Waals surface area contributed by atoms with Crippen LogP contribution in [-0.2, 0) is 0 Å². The summed E-state index contributed by atoms with van der Waals surface area (Å²) >= 11 is 0. The Morgan fingerprint density at radius 2 is 2.07 bits per heavy atom. The van der Waals surface area contributed by atoms with Crippen molar-refractivity contribution in [1.82, 2.24) is 10.2 Å². The molecule has 2 aliphatic rings. The molecule has 1 unspecified atom stereocenters. The van der Waals surface area contributed by atoms with E-state index in [9.17, 15) is 0 Å². The van der Waals surface area contributed by atoms with Crippen LogP contribution in [0.25, 0.3) is 0 Å². The molecule has 1 aliphatic carbocycles. The van der Waals surface area contributed by atoms with Crippen LogP contribution in [0.5, 0.6) is 0 Å². The van der Waals surface area contributed by atoms with Gasteiger partial charge in [0.05, 0.1) is 0 Å². The summed E-state index contributed by atoms with van der Waals surface area (Å²) in [6.07, 6.45) is 9.90. The van der Waals surface area contributed by atoms with Crippen molar-refractivity contribution >= 4 is 0 Å². The highest BCUT2D eigenvalue weighted by Crippen LogP contribution is 2.21. The Bertz CT molecular complexity index is 175. The first-order chi connectivity index (χ1) is 7.40. The van der Waals surface area contributed by atoms with Crippen LogP contribution in [0.1, 0.15) is 51.9 Å². The third-order valence-corrected chi connectivity index (χ3v) is 3.78. The molecule has 0 spiro atoms. The van der Waals surface area contributed by atoms with Gasteiger partial charge in [-0.15, -0.1) is 0 Å². The molecule has 88 valence electrons. The van der Waals surface area contributed by atoms with Gasteiger partial charge in [0.2, 0.25) is 0 Å². The van der Waals surface area contributed by atoms with Crippen LogP contribution in [0.3, 0.4) is 0 Å². The van der Waals surface area contributed by atoms with Crippen LogP contribution in [0.4, 0.5) is 0 Å². The van der Waals surface area contributed by atoms with Crippen LogP contribution < -0.4 is 5.32 Å². The maximum Gasteiger partial charge on any atom is 0.0110 e. The number of rotatable bonds is 6. The summed E-state index contributed by atoms with van der Waals surface area (Å²) in [7, 11) is 0. The first kappa shape index (κ1) is 11.4. The second-order valence-electron chi connectivity index (χ2n) is 5.20. The molecule has 15 heavy (non-hydrogen) atoms. The van der Waals surface area contributed by atoms with Crippen molar-refractivity contribution in [3.05, 3.63) is 0 Å². The molecule has 0 aromatic rings. The highest BCUT2D eigenvalue weighted by Gasteiger charge is 2.23. The predicted octanol–water partition coefficient (Wildman–Crippen LogP) is 2.39. The lowest BCUT2D eigenvalue weighted by molar-refractivity contribution is 0.140. The van der Waals surface area contributed by atoms with Gasteiger partial charge in [0.15, 0.2) is 0 Å². The van der Waals surface area contributed by atoms with E-state index in [2.05, 4.69) is 17.1 Å². The normalized spacial score (nSPS) is 28.2. The Morgan fingerprint density at radius 1 is 1.20 bits per heavy atom. The molecule has 2 nitrogen and oxygen atoms in total. The minimum absolute atomic E-state index is 0.874. The molecule has 1 N–H and O–H groups in total. The van der Waals surface area contributed by atoms with E-state index in [-0.39, 0.29) is 0 Å². The Balaban J connectivity index is 1.66. The van der Waals surface area contributed by atoms with Crippen molar-refractivity contribution in [3.8, 4) is 0 Å². The Labute approximate surface area is 94.4 Å². The van der Waals surface area contributed by atoms with Crippen LogP contribution >= 0.6 is 0 Å². The van der Waals surface area contributed by atoms with Gasteiger partial charge in [-0.25, -0.2) is 0 Å². The highest BCUT2D eigenvalue weighted by molar-refractivity contribution is 4.82. The van der Waals surface area contributed by atoms with E-state index in [1.54, 1.807) is 0 Å². The first-order valence-corrected chi connectivity index (χ1v) is 6.87. The molecular weight excluding hydrogens is 184 g/mol. The molecule has 1 heterocycles. The molecule has 1 atom stereocenters. The zero-order valence-corrected chi connectivity index (χ0v) is 10.2. The maximum absolute atomic E-state index is 3.62. The molecule has 2 fully saturated rings. The highest BCUT2D eigenvalue weighted by atomic mass is 15.2.